The molecule has 0 spiro atoms. The number of alkyl halides is 1. The molecule has 0 amide bonds. The van der Waals surface area contributed by atoms with E-state index >= 15 is 0 Å². The second-order valence-corrected chi connectivity index (χ2v) is 3.73. The highest BCUT2D eigenvalue weighted by Crippen LogP contribution is 2.05. The Bertz CT molecular complexity index is 63.9. The highest BCUT2D eigenvalue weighted by Gasteiger charge is 1.98. The third kappa shape index (κ3) is 6.58. The fourth-order valence-electron chi connectivity index (χ4n) is 0.556. The van der Waals surface area contributed by atoms with E-state index < -0.39 is 0 Å². The number of rotatable bonds is 4. The lowest BCUT2D eigenvalue weighted by Crippen LogP contribution is -2.15. The molecule has 0 saturated carbocycles. The molecule has 0 fully saturated rings. The zero-order valence-electron chi connectivity index (χ0n) is 6.52. The molecule has 0 saturated heterocycles. The zero-order chi connectivity index (χ0) is 7.28. The molecule has 0 aliphatic carbocycles. The van der Waals surface area contributed by atoms with E-state index in [0.717, 1.165) is 5.92 Å². The molecule has 0 aromatic rings. The van der Waals surface area contributed by atoms with Crippen LogP contribution in [0.3, 0.4) is 0 Å². The molecule has 0 bridgehead atoms. The van der Waals surface area contributed by atoms with Crippen molar-refractivity contribution in [1.82, 2.24) is 4.90 Å². The van der Waals surface area contributed by atoms with Crippen molar-refractivity contribution >= 4 is 22.6 Å². The molecule has 1 nitrogen and oxygen atoms in total. The van der Waals surface area contributed by atoms with Crippen LogP contribution in [0, 0.1) is 5.92 Å². The third-order valence-electron chi connectivity index (χ3n) is 1.33. The second kappa shape index (κ2) is 5.47. The summed E-state index contributed by atoms with van der Waals surface area (Å²) in [5, 5.41) is 0. The SMILES string of the molecule is CC(CI)CCN(C)C. The Kier molecular flexibility index (Phi) is 5.89. The van der Waals surface area contributed by atoms with Gasteiger partial charge in [-0.2, -0.15) is 0 Å². The summed E-state index contributed by atoms with van der Waals surface area (Å²) in [5.41, 5.74) is 0. The van der Waals surface area contributed by atoms with Crippen molar-refractivity contribution in [2.75, 3.05) is 25.1 Å². The van der Waals surface area contributed by atoms with Gasteiger partial charge < -0.3 is 4.90 Å². The molecule has 1 unspecified atom stereocenters. The fourth-order valence-corrected chi connectivity index (χ4v) is 0.996. The van der Waals surface area contributed by atoms with Gasteiger partial charge in [0, 0.05) is 4.43 Å². The van der Waals surface area contributed by atoms with Gasteiger partial charge in [-0.1, -0.05) is 29.5 Å². The summed E-state index contributed by atoms with van der Waals surface area (Å²) in [6.45, 7) is 3.53. The number of hydrogen-bond acceptors (Lipinski definition) is 1. The van der Waals surface area contributed by atoms with Crippen molar-refractivity contribution in [2.24, 2.45) is 5.92 Å². The predicted molar refractivity (Wildman–Crippen MR) is 51.2 cm³/mol. The van der Waals surface area contributed by atoms with Crippen LogP contribution in [0.5, 0.6) is 0 Å². The Morgan fingerprint density at radius 2 is 2.00 bits per heavy atom. The molecule has 0 N–H and O–H groups in total. The summed E-state index contributed by atoms with van der Waals surface area (Å²) in [5.74, 6) is 0.882. The minimum atomic E-state index is 0.882. The Morgan fingerprint density at radius 1 is 1.44 bits per heavy atom. The van der Waals surface area contributed by atoms with Crippen LogP contribution in [0.1, 0.15) is 13.3 Å². The van der Waals surface area contributed by atoms with Crippen LogP contribution in [0.25, 0.3) is 0 Å². The Balaban J connectivity index is 3.06. The first kappa shape index (κ1) is 9.69. The summed E-state index contributed by atoms with van der Waals surface area (Å²) < 4.78 is 1.28. The van der Waals surface area contributed by atoms with Crippen LogP contribution in [0.4, 0.5) is 0 Å². The van der Waals surface area contributed by atoms with E-state index in [1.165, 1.54) is 17.4 Å². The van der Waals surface area contributed by atoms with E-state index in [1.807, 2.05) is 0 Å². The summed E-state index contributed by atoms with van der Waals surface area (Å²) in [6, 6.07) is 0. The van der Waals surface area contributed by atoms with Crippen molar-refractivity contribution in [3.63, 3.8) is 0 Å². The van der Waals surface area contributed by atoms with Gasteiger partial charge in [-0.15, -0.1) is 0 Å². The maximum absolute atomic E-state index is 2.44. The molecule has 0 aliphatic rings. The van der Waals surface area contributed by atoms with E-state index in [-0.39, 0.29) is 0 Å². The van der Waals surface area contributed by atoms with E-state index in [1.54, 1.807) is 0 Å². The first-order valence-electron chi connectivity index (χ1n) is 3.37. The average molecular weight is 241 g/mol. The molecule has 2 heteroatoms. The highest BCUT2D eigenvalue weighted by atomic mass is 127. The molecule has 0 aromatic carbocycles. The monoisotopic (exact) mass is 241 g/mol. The molecular weight excluding hydrogens is 225 g/mol. The minimum Gasteiger partial charge on any atom is -0.309 e. The molecule has 0 rings (SSSR count). The van der Waals surface area contributed by atoms with Gasteiger partial charge in [-0.05, 0) is 33.0 Å². The van der Waals surface area contributed by atoms with E-state index in [0.29, 0.717) is 0 Å². The minimum absolute atomic E-state index is 0.882. The van der Waals surface area contributed by atoms with Crippen molar-refractivity contribution in [3.8, 4) is 0 Å². The molecule has 0 radical (unpaired) electrons. The smallest absolute Gasteiger partial charge is 0.00215 e. The molecule has 56 valence electrons. The lowest BCUT2D eigenvalue weighted by Gasteiger charge is -2.12. The molecule has 0 heterocycles. The van der Waals surface area contributed by atoms with Crippen molar-refractivity contribution < 1.29 is 0 Å². The quantitative estimate of drug-likeness (QED) is 0.537. The predicted octanol–water partition coefficient (Wildman–Crippen LogP) is 2.01. The van der Waals surface area contributed by atoms with Crippen molar-refractivity contribution in [3.05, 3.63) is 0 Å². The van der Waals surface area contributed by atoms with Gasteiger partial charge in [0.15, 0.2) is 0 Å². The van der Waals surface area contributed by atoms with Crippen molar-refractivity contribution in [1.29, 1.82) is 0 Å². The molecule has 9 heavy (non-hydrogen) atoms. The van der Waals surface area contributed by atoms with E-state index in [4.69, 9.17) is 0 Å². The third-order valence-corrected chi connectivity index (χ3v) is 2.84. The first-order valence-corrected chi connectivity index (χ1v) is 4.90. The lowest BCUT2D eigenvalue weighted by molar-refractivity contribution is 0.372. The van der Waals surface area contributed by atoms with Gasteiger partial charge in [-0.25, -0.2) is 0 Å². The number of hydrogen-bond donors (Lipinski definition) is 0. The van der Waals surface area contributed by atoms with Crippen LogP contribution in [-0.2, 0) is 0 Å². The summed E-state index contributed by atoms with van der Waals surface area (Å²) >= 11 is 2.44. The summed E-state index contributed by atoms with van der Waals surface area (Å²) in [7, 11) is 4.25. The maximum atomic E-state index is 2.44. The van der Waals surface area contributed by atoms with Gasteiger partial charge in [-0.3, -0.25) is 0 Å². The normalized spacial score (nSPS) is 14.3. The second-order valence-electron chi connectivity index (χ2n) is 2.85. The zero-order valence-corrected chi connectivity index (χ0v) is 8.68. The Morgan fingerprint density at radius 3 is 2.33 bits per heavy atom. The van der Waals surface area contributed by atoms with Gasteiger partial charge in [0.1, 0.15) is 0 Å². The maximum Gasteiger partial charge on any atom is 0.00215 e. The molecular formula is C7H16IN. The highest BCUT2D eigenvalue weighted by molar-refractivity contribution is 14.1. The number of nitrogens with zero attached hydrogens (tertiary/aromatic N) is 1. The van der Waals surface area contributed by atoms with Crippen LogP contribution in [0.15, 0.2) is 0 Å². The first-order chi connectivity index (χ1) is 4.16. The van der Waals surface area contributed by atoms with Gasteiger partial charge in [0.05, 0.1) is 0 Å². The van der Waals surface area contributed by atoms with Crippen LogP contribution in [0.2, 0.25) is 0 Å². The van der Waals surface area contributed by atoms with E-state index in [2.05, 4.69) is 48.5 Å². The average Bonchev–Trinajstić information content (AvgIpc) is 1.83. The summed E-state index contributed by atoms with van der Waals surface area (Å²) in [4.78, 5) is 2.24. The van der Waals surface area contributed by atoms with Crippen LogP contribution in [-0.4, -0.2) is 30.0 Å². The summed E-state index contributed by atoms with van der Waals surface area (Å²) in [6.07, 6.45) is 1.33. The Labute approximate surface area is 72.0 Å². The fraction of sp³-hybridized carbons (Fsp3) is 1.00. The van der Waals surface area contributed by atoms with Gasteiger partial charge in [0.2, 0.25) is 0 Å². The molecule has 0 aliphatic heterocycles. The van der Waals surface area contributed by atoms with Gasteiger partial charge in [0.25, 0.3) is 0 Å². The largest absolute Gasteiger partial charge is 0.309 e. The standard InChI is InChI=1S/C7H16IN/c1-7(6-8)4-5-9(2)3/h7H,4-6H2,1-3H3. The lowest BCUT2D eigenvalue weighted by atomic mass is 10.1. The topological polar surface area (TPSA) is 3.24 Å². The number of halogens is 1. The van der Waals surface area contributed by atoms with Gasteiger partial charge >= 0.3 is 0 Å². The molecule has 0 aromatic heterocycles. The van der Waals surface area contributed by atoms with Crippen molar-refractivity contribution in [2.45, 2.75) is 13.3 Å². The van der Waals surface area contributed by atoms with Crippen LogP contribution >= 0.6 is 22.6 Å². The van der Waals surface area contributed by atoms with E-state index in [9.17, 15) is 0 Å². The molecule has 1 atom stereocenters. The Hall–Kier alpha value is 0.690. The van der Waals surface area contributed by atoms with Crippen LogP contribution < -0.4 is 0 Å².